The Morgan fingerprint density at radius 2 is 1.67 bits per heavy atom. The van der Waals surface area contributed by atoms with Gasteiger partial charge < -0.3 is 14.9 Å². The van der Waals surface area contributed by atoms with Crippen LogP contribution in [0.4, 0.5) is 0 Å². The minimum absolute atomic E-state index is 0.380. The molecule has 4 fully saturated rings. The predicted octanol–water partition coefficient (Wildman–Crippen LogP) is 5.00. The van der Waals surface area contributed by atoms with Crippen LogP contribution < -0.4 is 0 Å². The molecule has 0 aromatic carbocycles. The molecule has 4 saturated carbocycles. The Morgan fingerprint density at radius 1 is 1.07 bits per heavy atom. The molecule has 4 aliphatic rings. The van der Waals surface area contributed by atoms with Crippen LogP contribution in [0.5, 0.6) is 0 Å². The van der Waals surface area contributed by atoms with Gasteiger partial charge in [-0.1, -0.05) is 44.7 Å². The van der Waals surface area contributed by atoms with Crippen LogP contribution in [-0.4, -0.2) is 45.7 Å². The van der Waals surface area contributed by atoms with Crippen molar-refractivity contribution in [3.63, 3.8) is 0 Å². The Morgan fingerprint density at radius 3 is 2.19 bits per heavy atom. The van der Waals surface area contributed by atoms with E-state index in [1.54, 1.807) is 0 Å². The number of carboxylic acids is 1. The van der Waals surface area contributed by atoms with E-state index in [9.17, 15) is 15.0 Å². The summed E-state index contributed by atoms with van der Waals surface area (Å²) in [5, 5.41) is 19.6. The van der Waals surface area contributed by atoms with Gasteiger partial charge in [0.2, 0.25) is 0 Å². The third kappa shape index (κ3) is 5.70. The number of aliphatic hydroxyl groups excluding tert-OH is 1. The summed E-state index contributed by atoms with van der Waals surface area (Å²) < 4.78 is 6.10. The molecular weight excluding hydrogens is 476 g/mol. The lowest BCUT2D eigenvalue weighted by molar-refractivity contribution is -0.142. The fraction of sp³-hybridized carbons (Fsp3) is 0.952. The summed E-state index contributed by atoms with van der Waals surface area (Å²) in [5.74, 6) is 1.53. The zero-order chi connectivity index (χ0) is 19.4. The summed E-state index contributed by atoms with van der Waals surface area (Å²) in [6, 6.07) is 0. The summed E-state index contributed by atoms with van der Waals surface area (Å²) in [4.78, 5) is 11.0. The lowest BCUT2D eigenvalue weighted by Gasteiger charge is -2.56. The summed E-state index contributed by atoms with van der Waals surface area (Å²) in [6.07, 6.45) is 11.3. The van der Waals surface area contributed by atoms with E-state index < -0.39 is 22.8 Å². The van der Waals surface area contributed by atoms with Crippen molar-refractivity contribution in [2.75, 3.05) is 18.5 Å². The van der Waals surface area contributed by atoms with E-state index in [0.29, 0.717) is 17.2 Å². The lowest BCUT2D eigenvalue weighted by Crippen LogP contribution is -2.48. The number of ether oxygens (including phenoxy) is 1. The minimum Gasteiger partial charge on any atom is -0.481 e. The van der Waals surface area contributed by atoms with E-state index in [1.807, 2.05) is 0 Å². The predicted molar refractivity (Wildman–Crippen MR) is 114 cm³/mol. The maximum atomic E-state index is 11.5. The van der Waals surface area contributed by atoms with E-state index in [4.69, 9.17) is 4.74 Å². The normalized spacial score (nSPS) is 35.1. The number of hydrogen-bond acceptors (Lipinski definition) is 3. The number of alkyl halides is 2. The van der Waals surface area contributed by atoms with Crippen molar-refractivity contribution < 1.29 is 19.7 Å². The standard InChI is InChI=1S/C21H34Br2O4/c22-12-18(24)19(23)17(20(25)26)4-2-1-3-5-27-13-21-9-14-6-15(10-21)8-16(7-14)11-21/h14-19,24H,1-13H2,(H,25,26)/t14?,15?,16?,17-,18?,19+,21?/m0/s1. The summed E-state index contributed by atoms with van der Waals surface area (Å²) in [5.41, 5.74) is 0.484. The molecule has 4 nitrogen and oxygen atoms in total. The van der Waals surface area contributed by atoms with Gasteiger partial charge in [-0.3, -0.25) is 4.79 Å². The fourth-order valence-electron chi connectivity index (χ4n) is 6.27. The molecule has 6 heteroatoms. The number of rotatable bonds is 12. The average molecular weight is 510 g/mol. The van der Waals surface area contributed by atoms with E-state index in [2.05, 4.69) is 31.9 Å². The highest BCUT2D eigenvalue weighted by molar-refractivity contribution is 9.10. The van der Waals surface area contributed by atoms with Crippen LogP contribution in [0.1, 0.15) is 64.2 Å². The van der Waals surface area contributed by atoms with Gasteiger partial charge in [0, 0.05) is 11.9 Å². The van der Waals surface area contributed by atoms with Crippen molar-refractivity contribution in [3.8, 4) is 0 Å². The zero-order valence-electron chi connectivity index (χ0n) is 16.1. The van der Waals surface area contributed by atoms with Crippen LogP contribution in [0.15, 0.2) is 0 Å². The molecule has 0 saturated heterocycles. The van der Waals surface area contributed by atoms with Crippen LogP contribution in [0, 0.1) is 29.1 Å². The molecule has 1 unspecified atom stereocenters. The number of carboxylic acid groups (broad SMARTS) is 1. The molecule has 0 radical (unpaired) electrons. The smallest absolute Gasteiger partial charge is 0.307 e. The molecule has 27 heavy (non-hydrogen) atoms. The highest BCUT2D eigenvalue weighted by Crippen LogP contribution is 2.60. The first-order chi connectivity index (χ1) is 12.9. The second-order valence-electron chi connectivity index (χ2n) is 9.43. The first kappa shape index (κ1) is 22.0. The third-order valence-electron chi connectivity index (χ3n) is 7.10. The highest BCUT2D eigenvalue weighted by Gasteiger charge is 2.50. The molecule has 4 aliphatic carbocycles. The molecule has 4 rings (SSSR count). The van der Waals surface area contributed by atoms with Crippen LogP contribution in [0.25, 0.3) is 0 Å². The maximum Gasteiger partial charge on any atom is 0.307 e. The van der Waals surface area contributed by atoms with Gasteiger partial charge in [0.1, 0.15) is 0 Å². The molecular formula is C21H34Br2O4. The second kappa shape index (κ2) is 9.90. The van der Waals surface area contributed by atoms with E-state index in [0.717, 1.165) is 50.2 Å². The van der Waals surface area contributed by atoms with E-state index >= 15 is 0 Å². The first-order valence-electron chi connectivity index (χ1n) is 10.6. The molecule has 0 heterocycles. The second-order valence-corrected chi connectivity index (χ2v) is 11.1. The van der Waals surface area contributed by atoms with Gasteiger partial charge in [-0.15, -0.1) is 0 Å². The number of aliphatic hydroxyl groups is 1. The largest absolute Gasteiger partial charge is 0.481 e. The van der Waals surface area contributed by atoms with Crippen molar-refractivity contribution >= 4 is 37.8 Å². The quantitative estimate of drug-likeness (QED) is 0.287. The van der Waals surface area contributed by atoms with E-state index in [1.165, 1.54) is 38.5 Å². The lowest BCUT2D eigenvalue weighted by atomic mass is 9.50. The molecule has 4 bridgehead atoms. The fourth-order valence-corrected chi connectivity index (χ4v) is 7.85. The van der Waals surface area contributed by atoms with Gasteiger partial charge in [-0.25, -0.2) is 0 Å². The molecule has 0 aromatic rings. The molecule has 0 aromatic heterocycles. The van der Waals surface area contributed by atoms with Crippen LogP contribution >= 0.6 is 31.9 Å². The van der Waals surface area contributed by atoms with Crippen LogP contribution in [-0.2, 0) is 9.53 Å². The van der Waals surface area contributed by atoms with Gasteiger partial charge >= 0.3 is 5.97 Å². The number of halogens is 2. The summed E-state index contributed by atoms with van der Waals surface area (Å²) >= 11 is 6.57. The van der Waals surface area contributed by atoms with Gasteiger partial charge in [-0.2, -0.15) is 0 Å². The molecule has 156 valence electrons. The van der Waals surface area contributed by atoms with Crippen molar-refractivity contribution in [1.82, 2.24) is 0 Å². The van der Waals surface area contributed by atoms with E-state index in [-0.39, 0.29) is 0 Å². The van der Waals surface area contributed by atoms with Gasteiger partial charge in [0.05, 0.1) is 23.5 Å². The summed E-state index contributed by atoms with van der Waals surface area (Å²) in [6.45, 7) is 1.73. The Kier molecular flexibility index (Phi) is 8.09. The van der Waals surface area contributed by atoms with Gasteiger partial charge in [0.25, 0.3) is 0 Å². The van der Waals surface area contributed by atoms with Crippen LogP contribution in [0.2, 0.25) is 0 Å². The number of aliphatic carboxylic acids is 1. The number of carbonyl (C=O) groups is 1. The van der Waals surface area contributed by atoms with Crippen molar-refractivity contribution in [1.29, 1.82) is 0 Å². The SMILES string of the molecule is O=C(O)[C@@H](CCCCCOCC12CC3CC(CC(C3)C1)C2)[C@@H](Br)C(O)CBr. The van der Waals surface area contributed by atoms with Crippen molar-refractivity contribution in [2.45, 2.75) is 75.1 Å². The van der Waals surface area contributed by atoms with Gasteiger partial charge in [-0.05, 0) is 74.5 Å². The first-order valence-corrected chi connectivity index (χ1v) is 12.6. The average Bonchev–Trinajstić information content (AvgIpc) is 2.61. The molecule has 0 spiro atoms. The monoisotopic (exact) mass is 508 g/mol. The van der Waals surface area contributed by atoms with Crippen LogP contribution in [0.3, 0.4) is 0 Å². The highest BCUT2D eigenvalue weighted by atomic mass is 79.9. The molecule has 0 aliphatic heterocycles. The van der Waals surface area contributed by atoms with Gasteiger partial charge in [0.15, 0.2) is 0 Å². The molecule has 2 N–H and O–H groups in total. The Bertz CT molecular complexity index is 463. The molecule has 0 amide bonds. The van der Waals surface area contributed by atoms with Crippen molar-refractivity contribution in [3.05, 3.63) is 0 Å². The Labute approximate surface area is 180 Å². The minimum atomic E-state index is -0.838. The Hall–Kier alpha value is 0.350. The number of unbranched alkanes of at least 4 members (excludes halogenated alkanes) is 2. The topological polar surface area (TPSA) is 66.8 Å². The zero-order valence-corrected chi connectivity index (χ0v) is 19.3. The summed E-state index contributed by atoms with van der Waals surface area (Å²) in [7, 11) is 0. The maximum absolute atomic E-state index is 11.5. The Balaban J connectivity index is 1.30. The van der Waals surface area contributed by atoms with Crippen molar-refractivity contribution in [2.24, 2.45) is 29.1 Å². The molecule has 3 atom stereocenters. The third-order valence-corrected chi connectivity index (χ3v) is 9.02. The number of hydrogen-bond donors (Lipinski definition) is 2.